The first-order valence-corrected chi connectivity index (χ1v) is 5.48. The zero-order valence-electron chi connectivity index (χ0n) is 8.93. The van der Waals surface area contributed by atoms with Crippen molar-refractivity contribution >= 4 is 15.7 Å². The molecule has 0 heterocycles. The normalized spacial score (nSPS) is 22.2. The van der Waals surface area contributed by atoms with E-state index in [2.05, 4.69) is 24.3 Å². The van der Waals surface area contributed by atoms with Crippen molar-refractivity contribution in [2.45, 2.75) is 11.6 Å². The minimum absolute atomic E-state index is 0.0489. The molecule has 0 aliphatic heterocycles. The lowest BCUT2D eigenvalue weighted by molar-refractivity contribution is 0.952. The van der Waals surface area contributed by atoms with Crippen LogP contribution in [0.3, 0.4) is 0 Å². The Kier molecular flexibility index (Phi) is 2.17. The van der Waals surface area contributed by atoms with E-state index in [-0.39, 0.29) is 11.6 Å². The van der Waals surface area contributed by atoms with Crippen molar-refractivity contribution in [3.63, 3.8) is 0 Å². The number of benzene rings is 2. The van der Waals surface area contributed by atoms with E-state index in [1.807, 2.05) is 24.3 Å². The van der Waals surface area contributed by atoms with Crippen LogP contribution in [0.4, 0.5) is 0 Å². The second-order valence-electron chi connectivity index (χ2n) is 4.21. The lowest BCUT2D eigenvalue weighted by Crippen LogP contribution is -2.18. The summed E-state index contributed by atoms with van der Waals surface area (Å²) >= 11 is 0. The molecule has 16 heavy (non-hydrogen) atoms. The Hall–Kier alpha value is -1.43. The van der Waals surface area contributed by atoms with Crippen LogP contribution in [0.5, 0.6) is 0 Å². The SMILES string of the molecule is [B]C1c2ccccc2C([B])c2ccccc21. The molecule has 0 fully saturated rings. The van der Waals surface area contributed by atoms with E-state index in [1.54, 1.807) is 0 Å². The third kappa shape index (κ3) is 1.26. The summed E-state index contributed by atoms with van der Waals surface area (Å²) < 4.78 is 0. The molecular formula is C14H10B2. The quantitative estimate of drug-likeness (QED) is 0.573. The fourth-order valence-electron chi connectivity index (χ4n) is 2.49. The Morgan fingerprint density at radius 1 is 0.562 bits per heavy atom. The van der Waals surface area contributed by atoms with Crippen molar-refractivity contribution in [1.29, 1.82) is 0 Å². The van der Waals surface area contributed by atoms with E-state index >= 15 is 0 Å². The van der Waals surface area contributed by atoms with E-state index in [9.17, 15) is 0 Å². The van der Waals surface area contributed by atoms with Crippen LogP contribution in [-0.4, -0.2) is 15.7 Å². The van der Waals surface area contributed by atoms with Gasteiger partial charge in [0.25, 0.3) is 0 Å². The van der Waals surface area contributed by atoms with Gasteiger partial charge in [-0.1, -0.05) is 48.5 Å². The maximum absolute atomic E-state index is 6.26. The van der Waals surface area contributed by atoms with Gasteiger partial charge in [-0.25, -0.2) is 0 Å². The first-order valence-electron chi connectivity index (χ1n) is 5.48. The minimum atomic E-state index is -0.0489. The van der Waals surface area contributed by atoms with Gasteiger partial charge in [-0.3, -0.25) is 0 Å². The van der Waals surface area contributed by atoms with Crippen LogP contribution in [0.25, 0.3) is 0 Å². The van der Waals surface area contributed by atoms with Crippen molar-refractivity contribution in [3.8, 4) is 0 Å². The zero-order chi connectivity index (χ0) is 11.1. The third-order valence-corrected chi connectivity index (χ3v) is 3.33. The maximum Gasteiger partial charge on any atom is 0.0828 e. The second-order valence-corrected chi connectivity index (χ2v) is 4.21. The largest absolute Gasteiger partial charge is 0.0828 e. The van der Waals surface area contributed by atoms with Gasteiger partial charge >= 0.3 is 0 Å². The molecule has 0 spiro atoms. The highest BCUT2D eigenvalue weighted by Gasteiger charge is 2.25. The van der Waals surface area contributed by atoms with Crippen LogP contribution >= 0.6 is 0 Å². The number of rotatable bonds is 0. The molecule has 0 saturated carbocycles. The third-order valence-electron chi connectivity index (χ3n) is 3.33. The van der Waals surface area contributed by atoms with Gasteiger partial charge in [-0.15, -0.1) is 0 Å². The predicted molar refractivity (Wildman–Crippen MR) is 68.1 cm³/mol. The van der Waals surface area contributed by atoms with Crippen molar-refractivity contribution in [3.05, 3.63) is 70.8 Å². The van der Waals surface area contributed by atoms with Crippen molar-refractivity contribution in [2.75, 3.05) is 0 Å². The Balaban J connectivity index is 2.26. The fourth-order valence-corrected chi connectivity index (χ4v) is 2.49. The summed E-state index contributed by atoms with van der Waals surface area (Å²) in [6, 6.07) is 16.3. The molecule has 0 unspecified atom stereocenters. The molecule has 72 valence electrons. The molecule has 0 saturated heterocycles. The molecule has 0 N–H and O–H groups in total. The van der Waals surface area contributed by atoms with Crippen molar-refractivity contribution < 1.29 is 0 Å². The first-order chi connectivity index (χ1) is 7.79. The Bertz CT molecular complexity index is 438. The van der Waals surface area contributed by atoms with Gasteiger partial charge in [-0.2, -0.15) is 0 Å². The van der Waals surface area contributed by atoms with Gasteiger partial charge in [0.1, 0.15) is 0 Å². The van der Waals surface area contributed by atoms with Gasteiger partial charge in [0.05, 0.1) is 15.7 Å². The Morgan fingerprint density at radius 2 is 0.812 bits per heavy atom. The highest BCUT2D eigenvalue weighted by molar-refractivity contribution is 6.19. The average Bonchev–Trinajstić information content (AvgIpc) is 2.36. The van der Waals surface area contributed by atoms with Crippen LogP contribution in [0.1, 0.15) is 33.9 Å². The molecule has 3 rings (SSSR count). The standard InChI is InChI=1S/C14H10B2/c15-13-9-5-1-2-6-10(9)14(16)12-8-4-3-7-11(12)13/h1-8,13-14H. The molecule has 0 nitrogen and oxygen atoms in total. The minimum Gasteiger partial charge on any atom is -0.0620 e. The lowest BCUT2D eigenvalue weighted by atomic mass is 9.60. The molecule has 0 atom stereocenters. The van der Waals surface area contributed by atoms with Gasteiger partial charge < -0.3 is 0 Å². The average molecular weight is 200 g/mol. The summed E-state index contributed by atoms with van der Waals surface area (Å²) in [7, 11) is 12.5. The molecule has 0 aromatic heterocycles. The summed E-state index contributed by atoms with van der Waals surface area (Å²) in [5.74, 6) is -0.0978. The van der Waals surface area contributed by atoms with Gasteiger partial charge in [0, 0.05) is 0 Å². The van der Waals surface area contributed by atoms with E-state index in [0.29, 0.717) is 0 Å². The molecule has 2 aromatic rings. The van der Waals surface area contributed by atoms with E-state index in [0.717, 1.165) is 22.3 Å². The highest BCUT2D eigenvalue weighted by atomic mass is 14.2. The number of fused-ring (bicyclic) bond motifs is 2. The van der Waals surface area contributed by atoms with Gasteiger partial charge in [-0.05, 0) is 33.9 Å². The van der Waals surface area contributed by atoms with E-state index in [4.69, 9.17) is 15.7 Å². The fraction of sp³-hybridized carbons (Fsp3) is 0.143. The number of hydrogen-bond acceptors (Lipinski definition) is 0. The molecule has 0 amide bonds. The topological polar surface area (TPSA) is 0 Å². The molecule has 1 aliphatic rings. The Labute approximate surface area is 98.5 Å². The van der Waals surface area contributed by atoms with Crippen LogP contribution < -0.4 is 0 Å². The smallest absolute Gasteiger partial charge is 0.0620 e. The van der Waals surface area contributed by atoms with Crippen molar-refractivity contribution in [1.82, 2.24) is 0 Å². The molecular weight excluding hydrogens is 190 g/mol. The number of hydrogen-bond donors (Lipinski definition) is 0. The first kappa shape index (κ1) is 9.77. The predicted octanol–water partition coefficient (Wildman–Crippen LogP) is 2.52. The van der Waals surface area contributed by atoms with Gasteiger partial charge in [0.2, 0.25) is 0 Å². The molecule has 1 aliphatic carbocycles. The molecule has 0 bridgehead atoms. The highest BCUT2D eigenvalue weighted by Crippen LogP contribution is 2.39. The Morgan fingerprint density at radius 3 is 1.06 bits per heavy atom. The van der Waals surface area contributed by atoms with Crippen LogP contribution in [-0.2, 0) is 0 Å². The molecule has 2 aromatic carbocycles. The van der Waals surface area contributed by atoms with Crippen LogP contribution in [0, 0.1) is 0 Å². The second kappa shape index (κ2) is 3.55. The monoisotopic (exact) mass is 200 g/mol. The van der Waals surface area contributed by atoms with Gasteiger partial charge in [0.15, 0.2) is 0 Å². The summed E-state index contributed by atoms with van der Waals surface area (Å²) in [4.78, 5) is 0. The summed E-state index contributed by atoms with van der Waals surface area (Å²) in [5, 5.41) is 0. The lowest BCUT2D eigenvalue weighted by Gasteiger charge is -2.31. The zero-order valence-corrected chi connectivity index (χ0v) is 8.93. The summed E-state index contributed by atoms with van der Waals surface area (Å²) in [6.07, 6.45) is 0. The summed E-state index contributed by atoms with van der Waals surface area (Å²) in [5.41, 5.74) is 4.59. The maximum atomic E-state index is 6.26. The van der Waals surface area contributed by atoms with Crippen LogP contribution in [0.15, 0.2) is 48.5 Å². The van der Waals surface area contributed by atoms with E-state index < -0.39 is 0 Å². The molecule has 2 heteroatoms. The summed E-state index contributed by atoms with van der Waals surface area (Å²) in [6.45, 7) is 0. The van der Waals surface area contributed by atoms with Crippen molar-refractivity contribution in [2.24, 2.45) is 0 Å². The van der Waals surface area contributed by atoms with Crippen LogP contribution in [0.2, 0.25) is 0 Å². The van der Waals surface area contributed by atoms with E-state index in [1.165, 1.54) is 0 Å². The molecule has 4 radical (unpaired) electrons.